The molecule has 0 aliphatic heterocycles. The van der Waals surface area contributed by atoms with Crippen molar-refractivity contribution in [3.05, 3.63) is 48.2 Å². The molecule has 1 aromatic heterocycles. The number of carbonyl (C=O) groups excluding carboxylic acids is 2. The summed E-state index contributed by atoms with van der Waals surface area (Å²) in [4.78, 5) is 28.1. The van der Waals surface area contributed by atoms with Gasteiger partial charge in [0.25, 0.3) is 0 Å². The molecular formula is C17H19N3O2. The molecule has 0 fully saturated rings. The van der Waals surface area contributed by atoms with Gasteiger partial charge in [-0.15, -0.1) is 0 Å². The molecule has 1 heterocycles. The van der Waals surface area contributed by atoms with Crippen molar-refractivity contribution < 1.29 is 9.59 Å². The van der Waals surface area contributed by atoms with Crippen LogP contribution in [0.5, 0.6) is 0 Å². The maximum Gasteiger partial charge on any atom is 0.321 e. The molecular weight excluding hydrogens is 278 g/mol. The number of anilines is 1. The van der Waals surface area contributed by atoms with E-state index in [2.05, 4.69) is 10.3 Å². The normalized spacial score (nSPS) is 10.1. The van der Waals surface area contributed by atoms with Gasteiger partial charge in [-0.1, -0.05) is 18.2 Å². The average molecular weight is 297 g/mol. The Bertz CT molecular complexity index is 651. The Kier molecular flexibility index (Phi) is 5.25. The van der Waals surface area contributed by atoms with Gasteiger partial charge in [0.1, 0.15) is 6.29 Å². The molecule has 2 aromatic rings. The molecule has 0 saturated heterocycles. The third-order valence-corrected chi connectivity index (χ3v) is 3.16. The summed E-state index contributed by atoms with van der Waals surface area (Å²) in [6, 6.07) is 13.1. The molecule has 1 N–H and O–H groups in total. The van der Waals surface area contributed by atoms with E-state index in [9.17, 15) is 9.59 Å². The summed E-state index contributed by atoms with van der Waals surface area (Å²) in [6.45, 7) is 0. The van der Waals surface area contributed by atoms with Gasteiger partial charge in [0.05, 0.1) is 5.69 Å². The molecule has 5 heteroatoms. The summed E-state index contributed by atoms with van der Waals surface area (Å²) in [5, 5.41) is 2.79. The maximum atomic E-state index is 11.6. The Balaban J connectivity index is 2.13. The highest BCUT2D eigenvalue weighted by atomic mass is 16.2. The Hall–Kier alpha value is -2.69. The first-order valence-corrected chi connectivity index (χ1v) is 7.08. The molecule has 1 aromatic carbocycles. The van der Waals surface area contributed by atoms with Crippen LogP contribution >= 0.6 is 0 Å². The second kappa shape index (κ2) is 7.36. The Labute approximate surface area is 130 Å². The molecule has 0 saturated carbocycles. The van der Waals surface area contributed by atoms with Gasteiger partial charge in [-0.2, -0.15) is 0 Å². The number of hydrogen-bond acceptors (Lipinski definition) is 3. The lowest BCUT2D eigenvalue weighted by atomic mass is 10.1. The van der Waals surface area contributed by atoms with Crippen molar-refractivity contribution in [3.63, 3.8) is 0 Å². The van der Waals surface area contributed by atoms with Crippen LogP contribution in [0.4, 0.5) is 10.5 Å². The Morgan fingerprint density at radius 1 is 1.18 bits per heavy atom. The predicted molar refractivity (Wildman–Crippen MR) is 86.8 cm³/mol. The predicted octanol–water partition coefficient (Wildman–Crippen LogP) is 2.97. The number of aldehydes is 1. The molecule has 22 heavy (non-hydrogen) atoms. The lowest BCUT2D eigenvalue weighted by Crippen LogP contribution is -2.27. The van der Waals surface area contributed by atoms with Crippen LogP contribution in [0.1, 0.15) is 12.1 Å². The van der Waals surface area contributed by atoms with E-state index in [1.165, 1.54) is 4.90 Å². The van der Waals surface area contributed by atoms with Crippen LogP contribution in [0.3, 0.4) is 0 Å². The van der Waals surface area contributed by atoms with Crippen molar-refractivity contribution in [3.8, 4) is 11.3 Å². The number of benzene rings is 1. The maximum absolute atomic E-state index is 11.6. The Morgan fingerprint density at radius 2 is 1.91 bits per heavy atom. The van der Waals surface area contributed by atoms with Crippen LogP contribution in [0, 0.1) is 0 Å². The summed E-state index contributed by atoms with van der Waals surface area (Å²) in [5.74, 6) is 0. The van der Waals surface area contributed by atoms with Crippen LogP contribution in [0.15, 0.2) is 42.5 Å². The smallest absolute Gasteiger partial charge is 0.321 e. The van der Waals surface area contributed by atoms with E-state index in [1.54, 1.807) is 14.1 Å². The lowest BCUT2D eigenvalue weighted by molar-refractivity contribution is -0.107. The van der Waals surface area contributed by atoms with Crippen molar-refractivity contribution in [1.29, 1.82) is 0 Å². The molecule has 2 rings (SSSR count). The van der Waals surface area contributed by atoms with Gasteiger partial charge in [0.15, 0.2) is 0 Å². The number of pyridine rings is 1. The highest BCUT2D eigenvalue weighted by molar-refractivity contribution is 5.89. The topological polar surface area (TPSA) is 62.3 Å². The van der Waals surface area contributed by atoms with Crippen molar-refractivity contribution in [2.45, 2.75) is 12.8 Å². The van der Waals surface area contributed by atoms with Crippen LogP contribution in [0.2, 0.25) is 0 Å². The van der Waals surface area contributed by atoms with Gasteiger partial charge in [0.2, 0.25) is 0 Å². The fraction of sp³-hybridized carbons (Fsp3) is 0.235. The number of nitrogens with one attached hydrogen (secondary N) is 1. The second-order valence-corrected chi connectivity index (χ2v) is 5.12. The minimum atomic E-state index is -0.165. The highest BCUT2D eigenvalue weighted by Gasteiger charge is 2.05. The fourth-order valence-corrected chi connectivity index (χ4v) is 1.95. The first kappa shape index (κ1) is 15.7. The van der Waals surface area contributed by atoms with E-state index in [1.807, 2.05) is 42.5 Å². The SMILES string of the molecule is CN(C)C(=O)Nc1ccc(-c2cccc(CCC=O)n2)cc1. The molecule has 114 valence electrons. The number of urea groups is 1. The zero-order chi connectivity index (χ0) is 15.9. The monoisotopic (exact) mass is 297 g/mol. The molecule has 2 amide bonds. The number of nitrogens with zero attached hydrogens (tertiary/aromatic N) is 2. The number of hydrogen-bond donors (Lipinski definition) is 1. The average Bonchev–Trinajstić information content (AvgIpc) is 2.53. The number of carbonyl (C=O) groups is 2. The quantitative estimate of drug-likeness (QED) is 0.863. The van der Waals surface area contributed by atoms with Gasteiger partial charge in [-0.25, -0.2) is 4.79 Å². The molecule has 0 aliphatic carbocycles. The second-order valence-electron chi connectivity index (χ2n) is 5.12. The van der Waals surface area contributed by atoms with Gasteiger partial charge < -0.3 is 15.0 Å². The number of aromatic nitrogens is 1. The van der Waals surface area contributed by atoms with E-state index in [4.69, 9.17) is 0 Å². The van der Waals surface area contributed by atoms with E-state index < -0.39 is 0 Å². The standard InChI is InChI=1S/C17H19N3O2/c1-20(2)17(22)19-15-10-8-13(9-11-15)16-7-3-5-14(18-16)6-4-12-21/h3,5,7-12H,4,6H2,1-2H3,(H,19,22). The third kappa shape index (κ3) is 4.15. The van der Waals surface area contributed by atoms with Gasteiger partial charge in [0, 0.05) is 37.5 Å². The van der Waals surface area contributed by atoms with E-state index >= 15 is 0 Å². The number of aryl methyl sites for hydroxylation is 1. The third-order valence-electron chi connectivity index (χ3n) is 3.16. The molecule has 0 atom stereocenters. The van der Waals surface area contributed by atoms with Crippen LogP contribution in [0.25, 0.3) is 11.3 Å². The van der Waals surface area contributed by atoms with Crippen LogP contribution in [-0.2, 0) is 11.2 Å². The van der Waals surface area contributed by atoms with E-state index in [0.29, 0.717) is 12.8 Å². The summed E-state index contributed by atoms with van der Waals surface area (Å²) in [6.07, 6.45) is 2.02. The largest absolute Gasteiger partial charge is 0.331 e. The zero-order valence-electron chi connectivity index (χ0n) is 12.7. The summed E-state index contributed by atoms with van der Waals surface area (Å²) in [7, 11) is 3.39. The number of amides is 2. The number of rotatable bonds is 5. The zero-order valence-corrected chi connectivity index (χ0v) is 12.7. The van der Waals surface area contributed by atoms with Crippen molar-refractivity contribution >= 4 is 18.0 Å². The minimum absolute atomic E-state index is 0.165. The first-order chi connectivity index (χ1) is 10.6. The summed E-state index contributed by atoms with van der Waals surface area (Å²) >= 11 is 0. The molecule has 0 bridgehead atoms. The fourth-order valence-electron chi connectivity index (χ4n) is 1.95. The van der Waals surface area contributed by atoms with Crippen LogP contribution in [-0.4, -0.2) is 36.3 Å². The highest BCUT2D eigenvalue weighted by Crippen LogP contribution is 2.20. The van der Waals surface area contributed by atoms with E-state index in [0.717, 1.165) is 28.9 Å². The molecule has 0 aliphatic rings. The minimum Gasteiger partial charge on any atom is -0.331 e. The molecule has 0 unspecified atom stereocenters. The van der Waals surface area contributed by atoms with Crippen LogP contribution < -0.4 is 5.32 Å². The van der Waals surface area contributed by atoms with Gasteiger partial charge in [-0.05, 0) is 30.7 Å². The Morgan fingerprint density at radius 3 is 2.55 bits per heavy atom. The summed E-state index contributed by atoms with van der Waals surface area (Å²) in [5.41, 5.74) is 3.46. The van der Waals surface area contributed by atoms with Crippen molar-refractivity contribution in [2.24, 2.45) is 0 Å². The molecule has 0 radical (unpaired) electrons. The van der Waals surface area contributed by atoms with E-state index in [-0.39, 0.29) is 6.03 Å². The first-order valence-electron chi connectivity index (χ1n) is 7.08. The lowest BCUT2D eigenvalue weighted by Gasteiger charge is -2.12. The van der Waals surface area contributed by atoms with Crippen molar-refractivity contribution in [2.75, 3.05) is 19.4 Å². The molecule has 5 nitrogen and oxygen atoms in total. The van der Waals surface area contributed by atoms with Gasteiger partial charge in [-0.3, -0.25) is 4.98 Å². The van der Waals surface area contributed by atoms with Crippen molar-refractivity contribution in [1.82, 2.24) is 9.88 Å². The molecule has 0 spiro atoms. The summed E-state index contributed by atoms with van der Waals surface area (Å²) < 4.78 is 0. The van der Waals surface area contributed by atoms with Gasteiger partial charge >= 0.3 is 6.03 Å².